The monoisotopic (exact) mass is 632 g/mol. The third kappa shape index (κ3) is 6.22. The Morgan fingerprint density at radius 2 is 1.77 bits per heavy atom. The lowest BCUT2D eigenvalue weighted by Gasteiger charge is -2.29. The third-order valence-corrected chi connectivity index (χ3v) is 9.52. The van der Waals surface area contributed by atoms with Crippen molar-refractivity contribution in [2.45, 2.75) is 43.5 Å². The number of carbonyl (C=O) groups is 1. The van der Waals surface area contributed by atoms with Crippen LogP contribution in [-0.4, -0.2) is 33.4 Å². The van der Waals surface area contributed by atoms with Gasteiger partial charge in [-0.05, 0) is 75.2 Å². The van der Waals surface area contributed by atoms with E-state index in [1.807, 2.05) is 57.2 Å². The number of hydrogen-bond acceptors (Lipinski definition) is 7. The van der Waals surface area contributed by atoms with Gasteiger partial charge in [0, 0.05) is 29.1 Å². The number of halogens is 1. The molecule has 43 heavy (non-hydrogen) atoms. The molecule has 0 unspecified atom stereocenters. The van der Waals surface area contributed by atoms with E-state index in [0.29, 0.717) is 49.2 Å². The predicted octanol–water partition coefficient (Wildman–Crippen LogP) is 6.12. The highest BCUT2D eigenvalue weighted by molar-refractivity contribution is 7.99. The molecule has 1 aliphatic rings. The predicted molar refractivity (Wildman–Crippen MR) is 172 cm³/mol. The molecular weight excluding hydrogens is 604 g/mol. The molecular formula is C32H29ClN4O4S2. The van der Waals surface area contributed by atoms with Crippen LogP contribution in [0.25, 0.3) is 6.08 Å². The molecule has 220 valence electrons. The quantitative estimate of drug-likeness (QED) is 0.172. The maximum Gasteiger partial charge on any atom is 0.283 e. The summed E-state index contributed by atoms with van der Waals surface area (Å²) in [5.74, 6) is -0.183. The van der Waals surface area contributed by atoms with Gasteiger partial charge in [0.25, 0.3) is 17.2 Å². The van der Waals surface area contributed by atoms with Gasteiger partial charge in [-0.3, -0.25) is 24.3 Å². The van der Waals surface area contributed by atoms with Gasteiger partial charge in [-0.2, -0.15) is 0 Å². The Bertz CT molecular complexity index is 1930. The number of likely N-dealkylation sites (N-methyl/N-ethyl adjacent to an activating group) is 1. The molecule has 4 aromatic rings. The minimum Gasteiger partial charge on any atom is -0.339 e. The number of nitro groups is 1. The van der Waals surface area contributed by atoms with Gasteiger partial charge in [-0.1, -0.05) is 70.6 Å². The lowest BCUT2D eigenvalue weighted by atomic mass is 9.94. The molecule has 0 spiro atoms. The summed E-state index contributed by atoms with van der Waals surface area (Å²) >= 11 is 8.67. The molecule has 1 amide bonds. The standard InChI is InChI=1S/C32H29ClN4O4S2/c1-5-35(6-2)31(39)28-20(4)34-32-36(29(28)22-10-12-23(33)13-11-22)30(38)27(43-32)18-21-9-16-26(25(17-21)37(40)41)42-24-14-7-19(3)8-15-24/h7-18,29H,5-6H2,1-4H3/b27-18-/t29-/m0/s1. The van der Waals surface area contributed by atoms with Crippen LogP contribution < -0.4 is 14.9 Å². The normalized spacial score (nSPS) is 14.8. The van der Waals surface area contributed by atoms with Crippen molar-refractivity contribution in [3.63, 3.8) is 0 Å². The van der Waals surface area contributed by atoms with E-state index in [1.54, 1.807) is 46.7 Å². The summed E-state index contributed by atoms with van der Waals surface area (Å²) in [4.78, 5) is 47.5. The fourth-order valence-corrected chi connectivity index (χ4v) is 7.05. The average Bonchev–Trinajstić information content (AvgIpc) is 3.29. The van der Waals surface area contributed by atoms with Crippen LogP contribution in [-0.2, 0) is 4.79 Å². The van der Waals surface area contributed by atoms with Crippen molar-refractivity contribution in [3.8, 4) is 0 Å². The fraction of sp³-hybridized carbons (Fsp3) is 0.219. The van der Waals surface area contributed by atoms with E-state index in [2.05, 4.69) is 4.99 Å². The van der Waals surface area contributed by atoms with Gasteiger partial charge in [0.1, 0.15) is 0 Å². The maximum atomic E-state index is 14.0. The number of rotatable bonds is 8. The van der Waals surface area contributed by atoms with Crippen LogP contribution in [0.2, 0.25) is 5.02 Å². The number of nitro benzene ring substituents is 1. The zero-order valence-electron chi connectivity index (χ0n) is 24.0. The van der Waals surface area contributed by atoms with Crippen LogP contribution in [0.1, 0.15) is 43.5 Å². The van der Waals surface area contributed by atoms with Gasteiger partial charge in [0.05, 0.1) is 31.7 Å². The molecule has 2 heterocycles. The van der Waals surface area contributed by atoms with Crippen molar-refractivity contribution in [2.24, 2.45) is 4.99 Å². The lowest BCUT2D eigenvalue weighted by Crippen LogP contribution is -2.43. The minimum absolute atomic E-state index is 0.0471. The Morgan fingerprint density at radius 3 is 2.40 bits per heavy atom. The van der Waals surface area contributed by atoms with Crippen molar-refractivity contribution in [2.75, 3.05) is 13.1 Å². The number of aromatic nitrogens is 1. The molecule has 1 aromatic heterocycles. The average molecular weight is 633 g/mol. The highest BCUT2D eigenvalue weighted by Crippen LogP contribution is 2.36. The first-order valence-electron chi connectivity index (χ1n) is 13.7. The first-order chi connectivity index (χ1) is 20.6. The van der Waals surface area contributed by atoms with Gasteiger partial charge < -0.3 is 4.90 Å². The first-order valence-corrected chi connectivity index (χ1v) is 15.7. The summed E-state index contributed by atoms with van der Waals surface area (Å²) in [6, 6.07) is 19.1. The van der Waals surface area contributed by atoms with Gasteiger partial charge in [-0.15, -0.1) is 0 Å². The zero-order valence-corrected chi connectivity index (χ0v) is 26.4. The van der Waals surface area contributed by atoms with Crippen molar-refractivity contribution in [1.82, 2.24) is 9.47 Å². The smallest absolute Gasteiger partial charge is 0.283 e. The molecule has 3 aromatic carbocycles. The second-order valence-corrected chi connectivity index (χ2v) is 12.6. The van der Waals surface area contributed by atoms with Crippen LogP contribution in [0.4, 0.5) is 5.69 Å². The molecule has 0 fully saturated rings. The number of thiazole rings is 1. The Labute approximate surface area is 261 Å². The SMILES string of the molecule is CCN(CC)C(=O)C1=C(C)N=c2s/c(=C\c3ccc(Sc4ccc(C)cc4)c([N+](=O)[O-])c3)c(=O)n2[C@H]1c1ccc(Cl)cc1. The maximum absolute atomic E-state index is 14.0. The highest BCUT2D eigenvalue weighted by Gasteiger charge is 2.34. The van der Waals surface area contributed by atoms with Gasteiger partial charge in [0.2, 0.25) is 0 Å². The summed E-state index contributed by atoms with van der Waals surface area (Å²) in [6.07, 6.45) is 1.64. The molecule has 1 atom stereocenters. The number of benzene rings is 3. The van der Waals surface area contributed by atoms with E-state index in [-0.39, 0.29) is 17.2 Å². The van der Waals surface area contributed by atoms with Gasteiger partial charge in [-0.25, -0.2) is 4.99 Å². The van der Waals surface area contributed by atoms with Crippen LogP contribution >= 0.6 is 34.7 Å². The van der Waals surface area contributed by atoms with E-state index in [1.165, 1.54) is 29.2 Å². The van der Waals surface area contributed by atoms with Crippen molar-refractivity contribution in [3.05, 3.63) is 130 Å². The van der Waals surface area contributed by atoms with E-state index in [4.69, 9.17) is 11.6 Å². The van der Waals surface area contributed by atoms with Crippen LogP contribution in [0.15, 0.2) is 97.6 Å². The number of carbonyl (C=O) groups excluding carboxylic acids is 1. The number of hydrogen-bond donors (Lipinski definition) is 0. The van der Waals surface area contributed by atoms with Gasteiger partial charge >= 0.3 is 0 Å². The molecule has 8 nitrogen and oxygen atoms in total. The van der Waals surface area contributed by atoms with Crippen molar-refractivity contribution in [1.29, 1.82) is 0 Å². The number of aryl methyl sites for hydroxylation is 1. The lowest BCUT2D eigenvalue weighted by molar-refractivity contribution is -0.387. The van der Waals surface area contributed by atoms with Crippen molar-refractivity contribution < 1.29 is 9.72 Å². The van der Waals surface area contributed by atoms with E-state index < -0.39 is 11.0 Å². The topological polar surface area (TPSA) is 97.8 Å². The highest BCUT2D eigenvalue weighted by atomic mass is 35.5. The minimum atomic E-state index is -0.702. The molecule has 1 aliphatic heterocycles. The molecule has 0 N–H and O–H groups in total. The van der Waals surface area contributed by atoms with E-state index in [0.717, 1.165) is 16.0 Å². The van der Waals surface area contributed by atoms with E-state index in [9.17, 15) is 19.7 Å². The fourth-order valence-electron chi connectivity index (χ4n) is 4.97. The van der Waals surface area contributed by atoms with Crippen LogP contribution in [0, 0.1) is 17.0 Å². The number of nitrogens with zero attached hydrogens (tertiary/aromatic N) is 4. The number of amides is 1. The molecule has 0 radical (unpaired) electrons. The third-order valence-electron chi connectivity index (χ3n) is 7.21. The summed E-state index contributed by atoms with van der Waals surface area (Å²) in [5.41, 5.74) is 2.94. The second-order valence-electron chi connectivity index (χ2n) is 10.0. The van der Waals surface area contributed by atoms with Crippen LogP contribution in [0.5, 0.6) is 0 Å². The molecule has 0 saturated heterocycles. The van der Waals surface area contributed by atoms with E-state index >= 15 is 0 Å². The summed E-state index contributed by atoms with van der Waals surface area (Å²) in [6.45, 7) is 8.62. The number of allylic oxidation sites excluding steroid dienone is 1. The van der Waals surface area contributed by atoms with Crippen molar-refractivity contribution >= 4 is 52.4 Å². The Balaban J connectivity index is 1.62. The second kappa shape index (κ2) is 12.7. The summed E-state index contributed by atoms with van der Waals surface area (Å²) < 4.78 is 1.90. The van der Waals surface area contributed by atoms with Crippen LogP contribution in [0.3, 0.4) is 0 Å². The van der Waals surface area contributed by atoms with Gasteiger partial charge in [0.15, 0.2) is 4.80 Å². The summed E-state index contributed by atoms with van der Waals surface area (Å²) in [5, 5.41) is 12.6. The molecule has 0 saturated carbocycles. The molecule has 11 heteroatoms. The zero-order chi connectivity index (χ0) is 30.8. The summed E-state index contributed by atoms with van der Waals surface area (Å²) in [7, 11) is 0. The first kappa shape index (κ1) is 30.5. The molecule has 5 rings (SSSR count). The number of fused-ring (bicyclic) bond motifs is 1. The Hall–Kier alpha value is -3.99. The Kier molecular flexibility index (Phi) is 9.00. The molecule has 0 aliphatic carbocycles. The Morgan fingerprint density at radius 1 is 1.09 bits per heavy atom. The molecule has 0 bridgehead atoms. The largest absolute Gasteiger partial charge is 0.339 e.